The van der Waals surface area contributed by atoms with Crippen molar-refractivity contribution in [3.63, 3.8) is 0 Å². The second-order valence-electron chi connectivity index (χ2n) is 6.22. The number of carbonyl (C=O) groups excluding carboxylic acids is 2. The highest BCUT2D eigenvalue weighted by Crippen LogP contribution is 2.30. The summed E-state index contributed by atoms with van der Waals surface area (Å²) in [5.41, 5.74) is 2.30. The first-order chi connectivity index (χ1) is 13.0. The van der Waals surface area contributed by atoms with Crippen LogP contribution in [0, 0.1) is 6.92 Å². The molecule has 2 amide bonds. The molecule has 142 valence electrons. The molecule has 27 heavy (non-hydrogen) atoms. The number of hydrogen-bond acceptors (Lipinski definition) is 5. The fourth-order valence-electron chi connectivity index (χ4n) is 2.86. The Morgan fingerprint density at radius 2 is 1.78 bits per heavy atom. The fourth-order valence-corrected chi connectivity index (χ4v) is 4.01. The molecular weight excluding hydrogens is 364 g/mol. The van der Waals surface area contributed by atoms with E-state index in [9.17, 15) is 9.59 Å². The third-order valence-electron chi connectivity index (χ3n) is 4.40. The molecule has 0 aromatic heterocycles. The molecule has 1 aliphatic heterocycles. The molecular formula is C20H22N2O4S. The molecule has 1 fully saturated rings. The number of ether oxygens (including phenoxy) is 2. The molecule has 2 aromatic carbocycles. The molecule has 0 spiro atoms. The van der Waals surface area contributed by atoms with Crippen molar-refractivity contribution in [3.8, 4) is 11.5 Å². The number of nitrogens with zero attached hydrogens (tertiary/aromatic N) is 1. The van der Waals surface area contributed by atoms with Crippen molar-refractivity contribution in [2.75, 3.05) is 31.2 Å². The number of anilines is 1. The van der Waals surface area contributed by atoms with Gasteiger partial charge in [0.25, 0.3) is 5.91 Å². The lowest BCUT2D eigenvalue weighted by Crippen LogP contribution is -2.44. The van der Waals surface area contributed by atoms with Crippen LogP contribution in [0.15, 0.2) is 42.5 Å². The molecule has 7 heteroatoms. The van der Waals surface area contributed by atoms with E-state index in [1.165, 1.54) is 7.11 Å². The Kier molecular flexibility index (Phi) is 5.91. The summed E-state index contributed by atoms with van der Waals surface area (Å²) >= 11 is 1.56. The lowest BCUT2D eigenvalue weighted by atomic mass is 10.1. The third-order valence-corrected chi connectivity index (χ3v) is 5.41. The predicted molar refractivity (Wildman–Crippen MR) is 107 cm³/mol. The Balaban J connectivity index is 1.76. The van der Waals surface area contributed by atoms with E-state index in [0.29, 0.717) is 28.7 Å². The van der Waals surface area contributed by atoms with Gasteiger partial charge in [0.15, 0.2) is 11.5 Å². The molecule has 1 atom stereocenters. The second-order valence-corrected chi connectivity index (χ2v) is 7.22. The van der Waals surface area contributed by atoms with Gasteiger partial charge in [-0.25, -0.2) is 0 Å². The van der Waals surface area contributed by atoms with Gasteiger partial charge in [0, 0.05) is 17.0 Å². The topological polar surface area (TPSA) is 67.9 Å². The summed E-state index contributed by atoms with van der Waals surface area (Å²) in [5.74, 6) is 1.69. The van der Waals surface area contributed by atoms with Crippen molar-refractivity contribution in [3.05, 3.63) is 53.6 Å². The van der Waals surface area contributed by atoms with Gasteiger partial charge in [-0.2, -0.15) is 0 Å². The molecule has 1 N–H and O–H groups in total. The van der Waals surface area contributed by atoms with Crippen LogP contribution >= 0.6 is 11.8 Å². The minimum absolute atomic E-state index is 0.183. The molecule has 3 rings (SSSR count). The summed E-state index contributed by atoms with van der Waals surface area (Å²) in [6.45, 7) is 1.99. The number of carbonyl (C=O) groups is 2. The molecule has 1 aliphatic rings. The monoisotopic (exact) mass is 386 g/mol. The molecule has 0 radical (unpaired) electrons. The van der Waals surface area contributed by atoms with Gasteiger partial charge in [0.05, 0.1) is 20.1 Å². The van der Waals surface area contributed by atoms with Crippen LogP contribution in [0.2, 0.25) is 0 Å². The summed E-state index contributed by atoms with van der Waals surface area (Å²) in [7, 11) is 3.07. The van der Waals surface area contributed by atoms with Crippen LogP contribution in [-0.4, -0.2) is 48.6 Å². The van der Waals surface area contributed by atoms with Crippen LogP contribution in [0.25, 0.3) is 0 Å². The fraction of sp³-hybridized carbons (Fsp3) is 0.300. The van der Waals surface area contributed by atoms with Crippen LogP contribution in [0.5, 0.6) is 11.5 Å². The van der Waals surface area contributed by atoms with E-state index in [0.717, 1.165) is 11.3 Å². The molecule has 6 nitrogen and oxygen atoms in total. The first-order valence-corrected chi connectivity index (χ1v) is 9.67. The van der Waals surface area contributed by atoms with Crippen molar-refractivity contribution in [2.45, 2.75) is 13.0 Å². The second kappa shape index (κ2) is 8.35. The highest BCUT2D eigenvalue weighted by Gasteiger charge is 2.35. The Bertz CT molecular complexity index is 838. The van der Waals surface area contributed by atoms with E-state index in [2.05, 4.69) is 5.32 Å². The summed E-state index contributed by atoms with van der Waals surface area (Å²) in [5, 5.41) is 2.90. The van der Waals surface area contributed by atoms with Crippen LogP contribution < -0.4 is 14.8 Å². The SMILES string of the molecule is COc1ccc(C(=O)N2CSCC2C(=O)Nc2ccc(C)cc2)cc1OC. The van der Waals surface area contributed by atoms with E-state index < -0.39 is 6.04 Å². The Morgan fingerprint density at radius 3 is 2.44 bits per heavy atom. The number of benzene rings is 2. The summed E-state index contributed by atoms with van der Waals surface area (Å²) in [6, 6.07) is 12.1. The Hall–Kier alpha value is -2.67. The maximum atomic E-state index is 13.0. The van der Waals surface area contributed by atoms with Gasteiger partial charge >= 0.3 is 0 Å². The molecule has 1 heterocycles. The highest BCUT2D eigenvalue weighted by molar-refractivity contribution is 7.99. The first-order valence-electron chi connectivity index (χ1n) is 8.51. The number of aryl methyl sites for hydroxylation is 1. The molecule has 0 bridgehead atoms. The smallest absolute Gasteiger partial charge is 0.255 e. The highest BCUT2D eigenvalue weighted by atomic mass is 32.2. The van der Waals surface area contributed by atoms with Crippen LogP contribution in [-0.2, 0) is 4.79 Å². The van der Waals surface area contributed by atoms with E-state index in [4.69, 9.17) is 9.47 Å². The maximum absolute atomic E-state index is 13.0. The average Bonchev–Trinajstić information content (AvgIpc) is 3.18. The van der Waals surface area contributed by atoms with Gasteiger partial charge in [-0.3, -0.25) is 9.59 Å². The number of nitrogens with one attached hydrogen (secondary N) is 1. The maximum Gasteiger partial charge on any atom is 0.255 e. The Labute approximate surface area is 162 Å². The van der Waals surface area contributed by atoms with Gasteiger partial charge in [0.2, 0.25) is 5.91 Å². The van der Waals surface area contributed by atoms with Gasteiger partial charge in [-0.05, 0) is 37.3 Å². The number of hydrogen-bond donors (Lipinski definition) is 1. The minimum Gasteiger partial charge on any atom is -0.493 e. The van der Waals surface area contributed by atoms with Gasteiger partial charge in [-0.15, -0.1) is 11.8 Å². The zero-order valence-electron chi connectivity index (χ0n) is 15.5. The van der Waals surface area contributed by atoms with Gasteiger partial charge in [0.1, 0.15) is 6.04 Å². The third kappa shape index (κ3) is 4.19. The van der Waals surface area contributed by atoms with E-state index >= 15 is 0 Å². The zero-order valence-corrected chi connectivity index (χ0v) is 16.3. The quantitative estimate of drug-likeness (QED) is 0.855. The van der Waals surface area contributed by atoms with Crippen LogP contribution in [0.3, 0.4) is 0 Å². The Morgan fingerprint density at radius 1 is 1.07 bits per heavy atom. The normalized spacial score (nSPS) is 16.1. The number of thioether (sulfide) groups is 1. The van der Waals surface area contributed by atoms with Crippen molar-refractivity contribution in [1.82, 2.24) is 4.90 Å². The summed E-state index contributed by atoms with van der Waals surface area (Å²) < 4.78 is 10.5. The van der Waals surface area contributed by atoms with E-state index in [-0.39, 0.29) is 11.8 Å². The number of amides is 2. The first kappa shape index (κ1) is 19.1. The van der Waals surface area contributed by atoms with Gasteiger partial charge in [-0.1, -0.05) is 17.7 Å². The largest absolute Gasteiger partial charge is 0.493 e. The summed E-state index contributed by atoms with van der Waals surface area (Å²) in [6.07, 6.45) is 0. The van der Waals surface area contributed by atoms with Crippen molar-refractivity contribution in [1.29, 1.82) is 0 Å². The predicted octanol–water partition coefficient (Wildman–Crippen LogP) is 3.17. The van der Waals surface area contributed by atoms with Crippen LogP contribution in [0.4, 0.5) is 5.69 Å². The standard InChI is InChI=1S/C20H22N2O4S/c1-13-4-7-15(8-5-13)21-19(23)16-11-27-12-22(16)20(24)14-6-9-17(25-2)18(10-14)26-3/h4-10,16H,11-12H2,1-3H3,(H,21,23). The lowest BCUT2D eigenvalue weighted by Gasteiger charge is -2.23. The molecule has 1 saturated heterocycles. The molecule has 0 saturated carbocycles. The van der Waals surface area contributed by atoms with Gasteiger partial charge < -0.3 is 19.7 Å². The van der Waals surface area contributed by atoms with Crippen molar-refractivity contribution in [2.24, 2.45) is 0 Å². The van der Waals surface area contributed by atoms with Crippen molar-refractivity contribution >= 4 is 29.3 Å². The lowest BCUT2D eigenvalue weighted by molar-refractivity contribution is -0.119. The van der Waals surface area contributed by atoms with Crippen molar-refractivity contribution < 1.29 is 19.1 Å². The average molecular weight is 386 g/mol. The van der Waals surface area contributed by atoms with E-state index in [1.807, 2.05) is 31.2 Å². The molecule has 2 aromatic rings. The number of methoxy groups -OCH3 is 2. The summed E-state index contributed by atoms with van der Waals surface area (Å²) in [4.78, 5) is 27.3. The molecule has 0 aliphatic carbocycles. The van der Waals surface area contributed by atoms with Crippen LogP contribution in [0.1, 0.15) is 15.9 Å². The van der Waals surface area contributed by atoms with E-state index in [1.54, 1.807) is 42.0 Å². The zero-order chi connectivity index (χ0) is 19.4. The molecule has 1 unspecified atom stereocenters. The number of rotatable bonds is 5. The minimum atomic E-state index is -0.517.